The number of hydrogen-bond acceptors (Lipinski definition) is 6. The van der Waals surface area contributed by atoms with E-state index in [-0.39, 0.29) is 23.5 Å². The summed E-state index contributed by atoms with van der Waals surface area (Å²) in [6, 6.07) is 4.46. The highest BCUT2D eigenvalue weighted by Crippen LogP contribution is 2.64. The van der Waals surface area contributed by atoms with Gasteiger partial charge in [0.15, 0.2) is 0 Å². The molecular weight excluding hydrogens is 402 g/mol. The number of nitrogens with zero attached hydrogens (tertiary/aromatic N) is 5. The molecule has 0 aromatic rings. The van der Waals surface area contributed by atoms with Crippen LogP contribution in [-0.2, 0) is 4.79 Å². The summed E-state index contributed by atoms with van der Waals surface area (Å²) in [6.07, 6.45) is 8.55. The van der Waals surface area contributed by atoms with Gasteiger partial charge in [-0.2, -0.15) is 10.5 Å². The monoisotopic (exact) mass is 439 g/mol. The van der Waals surface area contributed by atoms with Gasteiger partial charge in [0, 0.05) is 25.2 Å². The van der Waals surface area contributed by atoms with E-state index < -0.39 is 5.60 Å². The summed E-state index contributed by atoms with van der Waals surface area (Å²) >= 11 is 0. The van der Waals surface area contributed by atoms with Gasteiger partial charge in [-0.15, -0.1) is 0 Å². The van der Waals surface area contributed by atoms with E-state index in [0.717, 1.165) is 77.4 Å². The van der Waals surface area contributed by atoms with Crippen molar-refractivity contribution in [1.29, 1.82) is 10.5 Å². The van der Waals surface area contributed by atoms with E-state index in [4.69, 9.17) is 0 Å². The van der Waals surface area contributed by atoms with Crippen molar-refractivity contribution in [3.8, 4) is 12.1 Å². The minimum absolute atomic E-state index is 0.00971. The lowest BCUT2D eigenvalue weighted by molar-refractivity contribution is -0.138. The Morgan fingerprint density at radius 2 is 1.81 bits per heavy atom. The fraction of sp³-hybridized carbons (Fsp3) is 0.880. The van der Waals surface area contributed by atoms with Crippen molar-refractivity contribution >= 4 is 5.91 Å². The maximum Gasteiger partial charge on any atom is 0.237 e. The van der Waals surface area contributed by atoms with Crippen molar-refractivity contribution in [1.82, 2.24) is 14.7 Å². The van der Waals surface area contributed by atoms with Crippen molar-refractivity contribution in [2.45, 2.75) is 87.9 Å². The molecule has 1 N–H and O–H groups in total. The first kappa shape index (κ1) is 22.1. The third-order valence-corrected chi connectivity index (χ3v) is 9.44. The fourth-order valence-electron chi connectivity index (χ4n) is 8.12. The lowest BCUT2D eigenvalue weighted by atomic mass is 9.60. The highest BCUT2D eigenvalue weighted by Gasteiger charge is 2.65. The third kappa shape index (κ3) is 3.63. The average molecular weight is 440 g/mol. The molecule has 2 bridgehead atoms. The fourth-order valence-corrected chi connectivity index (χ4v) is 8.12. The van der Waals surface area contributed by atoms with Crippen molar-refractivity contribution in [3.63, 3.8) is 0 Å². The van der Waals surface area contributed by atoms with Crippen LogP contribution in [0.5, 0.6) is 0 Å². The zero-order valence-electron chi connectivity index (χ0n) is 19.4. The van der Waals surface area contributed by atoms with E-state index in [2.05, 4.69) is 28.9 Å². The minimum atomic E-state index is -0.500. The number of rotatable bonds is 6. The van der Waals surface area contributed by atoms with Gasteiger partial charge >= 0.3 is 0 Å². The standard InChI is InChI=1S/C25H37N5O2/c1-18-10-24(12-19-13-25(32,11-18)22(19)14-24)29(9-8-28-6-2-4-20(28)15-26)17-23(31)30-7-3-5-21(30)16-27/h18-22,32H,2-14,17H2,1H3/t18?,19?,20-,21-,22?,24?,25?/m0/s1. The lowest BCUT2D eigenvalue weighted by Gasteiger charge is -2.50. The van der Waals surface area contributed by atoms with Crippen LogP contribution in [0.4, 0.5) is 0 Å². The van der Waals surface area contributed by atoms with Gasteiger partial charge in [-0.05, 0) is 82.1 Å². The number of aliphatic hydroxyl groups is 1. The molecule has 0 aromatic heterocycles. The molecule has 5 aliphatic rings. The Bertz CT molecular complexity index is 835. The summed E-state index contributed by atoms with van der Waals surface area (Å²) in [5.41, 5.74) is -0.547. The summed E-state index contributed by atoms with van der Waals surface area (Å²) in [5, 5.41) is 30.2. The SMILES string of the molecule is CC1CC2(O)CC3CC(N(CCN4CCC[C@H]4C#N)CC(=O)N4CCC[C@H]4C#N)(C1)CC32. The molecule has 3 aliphatic carbocycles. The van der Waals surface area contributed by atoms with E-state index in [1.807, 2.05) is 0 Å². The van der Waals surface area contributed by atoms with E-state index in [1.54, 1.807) is 4.90 Å². The van der Waals surface area contributed by atoms with Crippen molar-refractivity contribution < 1.29 is 9.90 Å². The van der Waals surface area contributed by atoms with E-state index in [0.29, 0.717) is 30.8 Å². The summed E-state index contributed by atoms with van der Waals surface area (Å²) in [4.78, 5) is 19.9. The molecule has 2 heterocycles. The average Bonchev–Trinajstić information content (AvgIpc) is 3.46. The van der Waals surface area contributed by atoms with E-state index in [9.17, 15) is 20.4 Å². The minimum Gasteiger partial charge on any atom is -0.390 e. The molecule has 5 unspecified atom stereocenters. The molecule has 0 aromatic carbocycles. The molecule has 1 amide bonds. The molecular formula is C25H37N5O2. The molecule has 3 saturated carbocycles. The van der Waals surface area contributed by atoms with Crippen LogP contribution < -0.4 is 0 Å². The number of carbonyl (C=O) groups is 1. The van der Waals surface area contributed by atoms with E-state index >= 15 is 0 Å². The second-order valence-corrected chi connectivity index (χ2v) is 11.4. The first-order chi connectivity index (χ1) is 15.4. The molecule has 2 saturated heterocycles. The van der Waals surface area contributed by atoms with Gasteiger partial charge in [0.2, 0.25) is 5.91 Å². The Balaban J connectivity index is 1.37. The lowest BCUT2D eigenvalue weighted by Crippen LogP contribution is -2.55. The highest BCUT2D eigenvalue weighted by molar-refractivity contribution is 5.79. The molecule has 7 heteroatoms. The largest absolute Gasteiger partial charge is 0.390 e. The third-order valence-electron chi connectivity index (χ3n) is 9.44. The van der Waals surface area contributed by atoms with Gasteiger partial charge in [0.25, 0.3) is 0 Å². The first-order valence-electron chi connectivity index (χ1n) is 12.7. The maximum absolute atomic E-state index is 13.4. The molecule has 0 radical (unpaired) electrons. The second-order valence-electron chi connectivity index (χ2n) is 11.4. The number of hydrogen-bond donors (Lipinski definition) is 1. The van der Waals surface area contributed by atoms with Crippen LogP contribution in [0.1, 0.15) is 64.7 Å². The van der Waals surface area contributed by atoms with Crippen molar-refractivity contribution in [3.05, 3.63) is 0 Å². The molecule has 0 spiro atoms. The second kappa shape index (κ2) is 8.28. The molecule has 5 rings (SSSR count). The predicted molar refractivity (Wildman–Crippen MR) is 119 cm³/mol. The summed E-state index contributed by atoms with van der Waals surface area (Å²) < 4.78 is 0. The van der Waals surface area contributed by atoms with Crippen molar-refractivity contribution in [2.24, 2.45) is 17.8 Å². The van der Waals surface area contributed by atoms with Gasteiger partial charge in [0.1, 0.15) is 6.04 Å². The number of carbonyl (C=O) groups excluding carboxylic acids is 1. The van der Waals surface area contributed by atoms with Crippen LogP contribution in [0.25, 0.3) is 0 Å². The van der Waals surface area contributed by atoms with Gasteiger partial charge in [-0.3, -0.25) is 14.6 Å². The Kier molecular flexibility index (Phi) is 5.73. The van der Waals surface area contributed by atoms with Crippen LogP contribution in [0.15, 0.2) is 0 Å². The molecule has 7 atom stereocenters. The summed E-state index contributed by atoms with van der Waals surface area (Å²) in [7, 11) is 0. The Hall–Kier alpha value is -1.67. The molecule has 174 valence electrons. The maximum atomic E-state index is 13.4. The molecule has 32 heavy (non-hydrogen) atoms. The van der Waals surface area contributed by atoms with Crippen LogP contribution in [0.2, 0.25) is 0 Å². The quantitative estimate of drug-likeness (QED) is 0.681. The molecule has 2 aliphatic heterocycles. The zero-order valence-corrected chi connectivity index (χ0v) is 19.4. The van der Waals surface area contributed by atoms with Gasteiger partial charge < -0.3 is 10.0 Å². The predicted octanol–water partition coefficient (Wildman–Crippen LogP) is 2.12. The van der Waals surface area contributed by atoms with E-state index in [1.165, 1.54) is 0 Å². The van der Waals surface area contributed by atoms with Crippen molar-refractivity contribution in [2.75, 3.05) is 32.7 Å². The summed E-state index contributed by atoms with van der Waals surface area (Å²) in [5.74, 6) is 1.44. The van der Waals surface area contributed by atoms with Crippen LogP contribution in [0.3, 0.4) is 0 Å². The van der Waals surface area contributed by atoms with Crippen LogP contribution in [0, 0.1) is 40.4 Å². The van der Waals surface area contributed by atoms with Gasteiger partial charge in [-0.25, -0.2) is 0 Å². The topological polar surface area (TPSA) is 94.6 Å². The number of likely N-dealkylation sites (tertiary alicyclic amines) is 2. The normalized spacial score (nSPS) is 43.0. The Morgan fingerprint density at radius 3 is 2.59 bits per heavy atom. The molecule has 5 fully saturated rings. The Labute approximate surface area is 191 Å². The number of fused-ring (bicyclic) bond motifs is 1. The zero-order chi connectivity index (χ0) is 22.5. The van der Waals surface area contributed by atoms with Gasteiger partial charge in [-0.1, -0.05) is 6.92 Å². The van der Waals surface area contributed by atoms with Gasteiger partial charge in [0.05, 0.1) is 30.3 Å². The van der Waals surface area contributed by atoms with Crippen LogP contribution >= 0.6 is 0 Å². The summed E-state index contributed by atoms with van der Waals surface area (Å²) in [6.45, 7) is 5.83. The first-order valence-corrected chi connectivity index (χ1v) is 12.7. The highest BCUT2D eigenvalue weighted by atomic mass is 16.3. The smallest absolute Gasteiger partial charge is 0.237 e. The number of amides is 1. The number of nitriles is 2. The van der Waals surface area contributed by atoms with Crippen LogP contribution in [-0.4, -0.2) is 81.7 Å². The molecule has 7 nitrogen and oxygen atoms in total. The Morgan fingerprint density at radius 1 is 1.06 bits per heavy atom.